The number of carbonyl (C=O) groups is 1. The van der Waals surface area contributed by atoms with Gasteiger partial charge in [0, 0.05) is 12.4 Å². The van der Waals surface area contributed by atoms with Crippen molar-refractivity contribution in [3.63, 3.8) is 0 Å². The standard InChI is InChI=1S/C10H8N4OS/c15-10-6-2-1-3-12-8(6)13-9(14-10)7-4-11-5-16-7/h1-5,9H,(H,12,13)(H,14,15). The molecule has 0 aromatic carbocycles. The number of thiazole rings is 1. The molecule has 3 rings (SSSR count). The first-order chi connectivity index (χ1) is 7.84. The summed E-state index contributed by atoms with van der Waals surface area (Å²) in [7, 11) is 0. The third-order valence-corrected chi connectivity index (χ3v) is 3.19. The van der Waals surface area contributed by atoms with Gasteiger partial charge in [0.15, 0.2) is 0 Å². The second kappa shape index (κ2) is 3.57. The van der Waals surface area contributed by atoms with Crippen molar-refractivity contribution in [2.75, 3.05) is 5.32 Å². The van der Waals surface area contributed by atoms with Crippen LogP contribution >= 0.6 is 11.3 Å². The number of hydrogen-bond acceptors (Lipinski definition) is 5. The predicted octanol–water partition coefficient (Wildman–Crippen LogP) is 1.39. The van der Waals surface area contributed by atoms with Gasteiger partial charge in [-0.2, -0.15) is 0 Å². The predicted molar refractivity (Wildman–Crippen MR) is 60.2 cm³/mol. The van der Waals surface area contributed by atoms with Gasteiger partial charge in [0.2, 0.25) is 0 Å². The summed E-state index contributed by atoms with van der Waals surface area (Å²) in [5.41, 5.74) is 2.31. The fraction of sp³-hybridized carbons (Fsp3) is 0.100. The van der Waals surface area contributed by atoms with Crippen molar-refractivity contribution < 1.29 is 4.79 Å². The highest BCUT2D eigenvalue weighted by molar-refractivity contribution is 7.09. The van der Waals surface area contributed by atoms with Gasteiger partial charge in [-0.05, 0) is 12.1 Å². The molecule has 0 aliphatic carbocycles. The second-order valence-corrected chi connectivity index (χ2v) is 4.27. The first-order valence-corrected chi connectivity index (χ1v) is 5.63. The van der Waals surface area contributed by atoms with Gasteiger partial charge >= 0.3 is 0 Å². The van der Waals surface area contributed by atoms with Crippen molar-refractivity contribution in [2.24, 2.45) is 0 Å². The zero-order valence-electron chi connectivity index (χ0n) is 8.18. The van der Waals surface area contributed by atoms with E-state index in [9.17, 15) is 4.79 Å². The van der Waals surface area contributed by atoms with Gasteiger partial charge in [0.1, 0.15) is 12.0 Å². The first kappa shape index (κ1) is 9.29. The SMILES string of the molecule is O=C1NC(c2cncs2)Nc2ncccc21. The maximum Gasteiger partial charge on any atom is 0.256 e. The van der Waals surface area contributed by atoms with Crippen LogP contribution in [0.5, 0.6) is 0 Å². The lowest BCUT2D eigenvalue weighted by atomic mass is 10.2. The van der Waals surface area contributed by atoms with E-state index in [-0.39, 0.29) is 12.1 Å². The first-order valence-electron chi connectivity index (χ1n) is 4.75. The molecule has 1 aliphatic heterocycles. The lowest BCUT2D eigenvalue weighted by molar-refractivity contribution is 0.0935. The Morgan fingerprint density at radius 2 is 2.31 bits per heavy atom. The summed E-state index contributed by atoms with van der Waals surface area (Å²) in [6.07, 6.45) is 3.16. The zero-order chi connectivity index (χ0) is 11.0. The number of fused-ring (bicyclic) bond motifs is 1. The molecule has 0 saturated heterocycles. The quantitative estimate of drug-likeness (QED) is 0.779. The molecule has 5 nitrogen and oxygen atoms in total. The van der Waals surface area contributed by atoms with Crippen molar-refractivity contribution in [3.8, 4) is 0 Å². The van der Waals surface area contributed by atoms with Crippen molar-refractivity contribution in [1.82, 2.24) is 15.3 Å². The van der Waals surface area contributed by atoms with E-state index in [1.165, 1.54) is 11.3 Å². The monoisotopic (exact) mass is 232 g/mol. The van der Waals surface area contributed by atoms with Gasteiger partial charge < -0.3 is 10.6 Å². The fourth-order valence-corrected chi connectivity index (χ4v) is 2.21. The smallest absolute Gasteiger partial charge is 0.256 e. The largest absolute Gasteiger partial charge is 0.345 e. The molecular weight excluding hydrogens is 224 g/mol. The van der Waals surface area contributed by atoms with Gasteiger partial charge in [-0.1, -0.05) is 0 Å². The minimum atomic E-state index is -0.234. The average molecular weight is 232 g/mol. The van der Waals surface area contributed by atoms with Gasteiger partial charge in [-0.25, -0.2) is 4.98 Å². The van der Waals surface area contributed by atoms with Gasteiger partial charge in [-0.3, -0.25) is 9.78 Å². The molecule has 1 amide bonds. The van der Waals surface area contributed by atoms with E-state index in [0.717, 1.165) is 4.88 Å². The summed E-state index contributed by atoms with van der Waals surface area (Å²) < 4.78 is 0. The van der Waals surface area contributed by atoms with Gasteiger partial charge in [-0.15, -0.1) is 11.3 Å². The molecule has 1 unspecified atom stereocenters. The minimum Gasteiger partial charge on any atom is -0.345 e. The second-order valence-electron chi connectivity index (χ2n) is 3.35. The van der Waals surface area contributed by atoms with E-state index < -0.39 is 0 Å². The Bertz CT molecular complexity index is 525. The van der Waals surface area contributed by atoms with Crippen LogP contribution in [0.1, 0.15) is 21.4 Å². The molecule has 3 heterocycles. The average Bonchev–Trinajstić information content (AvgIpc) is 2.82. The van der Waals surface area contributed by atoms with Crippen molar-refractivity contribution in [2.45, 2.75) is 6.17 Å². The molecule has 0 bridgehead atoms. The topological polar surface area (TPSA) is 66.9 Å². The Hall–Kier alpha value is -1.95. The van der Waals surface area contributed by atoms with Crippen LogP contribution in [0.3, 0.4) is 0 Å². The van der Waals surface area contributed by atoms with Crippen LogP contribution in [-0.4, -0.2) is 15.9 Å². The molecule has 16 heavy (non-hydrogen) atoms. The number of anilines is 1. The highest BCUT2D eigenvalue weighted by Gasteiger charge is 2.25. The number of carbonyl (C=O) groups excluding carboxylic acids is 1. The van der Waals surface area contributed by atoms with Crippen LogP contribution in [0, 0.1) is 0 Å². The lowest BCUT2D eigenvalue weighted by Crippen LogP contribution is -2.38. The molecular formula is C10H8N4OS. The molecule has 0 saturated carbocycles. The minimum absolute atomic E-state index is 0.111. The molecule has 6 heteroatoms. The summed E-state index contributed by atoms with van der Waals surface area (Å²) in [5, 5.41) is 6.01. The van der Waals surface area contributed by atoms with Crippen LogP contribution in [0.4, 0.5) is 5.82 Å². The van der Waals surface area contributed by atoms with E-state index in [1.807, 2.05) is 0 Å². The molecule has 2 aromatic rings. The molecule has 0 fully saturated rings. The summed E-state index contributed by atoms with van der Waals surface area (Å²) in [6, 6.07) is 3.49. The summed E-state index contributed by atoms with van der Waals surface area (Å²) in [5.74, 6) is 0.505. The Balaban J connectivity index is 1.98. The Morgan fingerprint density at radius 1 is 1.38 bits per heavy atom. The number of rotatable bonds is 1. The molecule has 80 valence electrons. The summed E-state index contributed by atoms with van der Waals surface area (Å²) in [4.78, 5) is 20.9. The Morgan fingerprint density at radius 3 is 3.12 bits per heavy atom. The van der Waals surface area contributed by atoms with Crippen molar-refractivity contribution in [3.05, 3.63) is 40.5 Å². The van der Waals surface area contributed by atoms with E-state index in [4.69, 9.17) is 0 Å². The maximum atomic E-state index is 11.8. The Kier molecular flexibility index (Phi) is 2.07. The van der Waals surface area contributed by atoms with E-state index in [1.54, 1.807) is 30.0 Å². The van der Waals surface area contributed by atoms with Crippen LogP contribution in [-0.2, 0) is 0 Å². The van der Waals surface area contributed by atoms with Crippen LogP contribution < -0.4 is 10.6 Å². The number of nitrogens with zero attached hydrogens (tertiary/aromatic N) is 2. The Labute approximate surface area is 95.6 Å². The van der Waals surface area contributed by atoms with E-state index >= 15 is 0 Å². The van der Waals surface area contributed by atoms with Crippen LogP contribution in [0.15, 0.2) is 30.0 Å². The molecule has 1 atom stereocenters. The van der Waals surface area contributed by atoms with Crippen LogP contribution in [0.2, 0.25) is 0 Å². The highest BCUT2D eigenvalue weighted by Crippen LogP contribution is 2.25. The molecule has 1 aliphatic rings. The van der Waals surface area contributed by atoms with Gasteiger partial charge in [0.05, 0.1) is 16.0 Å². The number of amides is 1. The third kappa shape index (κ3) is 1.43. The lowest BCUT2D eigenvalue weighted by Gasteiger charge is -2.25. The fourth-order valence-electron chi connectivity index (χ4n) is 1.60. The molecule has 2 N–H and O–H groups in total. The molecule has 0 radical (unpaired) electrons. The third-order valence-electron chi connectivity index (χ3n) is 2.34. The number of aromatic nitrogens is 2. The number of pyridine rings is 1. The normalized spacial score (nSPS) is 18.5. The summed E-state index contributed by atoms with van der Waals surface area (Å²) >= 11 is 1.49. The highest BCUT2D eigenvalue weighted by atomic mass is 32.1. The number of nitrogens with one attached hydrogen (secondary N) is 2. The zero-order valence-corrected chi connectivity index (χ0v) is 8.99. The summed E-state index contributed by atoms with van der Waals surface area (Å²) in [6.45, 7) is 0. The van der Waals surface area contributed by atoms with E-state index in [2.05, 4.69) is 20.6 Å². The maximum absolute atomic E-state index is 11.8. The van der Waals surface area contributed by atoms with Crippen molar-refractivity contribution >= 4 is 23.1 Å². The van der Waals surface area contributed by atoms with Crippen molar-refractivity contribution in [1.29, 1.82) is 0 Å². The van der Waals surface area contributed by atoms with Crippen LogP contribution in [0.25, 0.3) is 0 Å². The molecule has 2 aromatic heterocycles. The van der Waals surface area contributed by atoms with Gasteiger partial charge in [0.25, 0.3) is 5.91 Å². The molecule has 0 spiro atoms. The van der Waals surface area contributed by atoms with E-state index in [0.29, 0.717) is 11.4 Å². The number of hydrogen-bond donors (Lipinski definition) is 2.